The van der Waals surface area contributed by atoms with E-state index in [0.717, 1.165) is 26.1 Å². The van der Waals surface area contributed by atoms with Crippen molar-refractivity contribution in [1.82, 2.24) is 15.5 Å². The van der Waals surface area contributed by atoms with Crippen LogP contribution in [-0.4, -0.2) is 50.7 Å². The van der Waals surface area contributed by atoms with Crippen molar-refractivity contribution < 1.29 is 0 Å². The molecule has 1 atom stereocenters. The molecule has 1 heterocycles. The molecule has 0 aromatic heterocycles. The minimum atomic E-state index is 0.657. The largest absolute Gasteiger partial charge is 0.316 e. The standard InChI is InChI=1S/C16H27N3/c1-14-5-3-4-6-15(14)7-9-17-10-8-16-13-19(2)12-11-18-16/h3-6,16-18H,7-13H2,1-2H3. The number of hydrogen-bond donors (Lipinski definition) is 2. The second-order valence-corrected chi connectivity index (χ2v) is 5.63. The van der Waals surface area contributed by atoms with Gasteiger partial charge in [-0.15, -0.1) is 0 Å². The van der Waals surface area contributed by atoms with Crippen molar-refractivity contribution in [3.05, 3.63) is 35.4 Å². The summed E-state index contributed by atoms with van der Waals surface area (Å²) >= 11 is 0. The van der Waals surface area contributed by atoms with Gasteiger partial charge in [0.1, 0.15) is 0 Å². The van der Waals surface area contributed by atoms with Crippen LogP contribution in [0.3, 0.4) is 0 Å². The van der Waals surface area contributed by atoms with Crippen molar-refractivity contribution in [2.24, 2.45) is 0 Å². The van der Waals surface area contributed by atoms with Gasteiger partial charge in [-0.3, -0.25) is 0 Å². The highest BCUT2D eigenvalue weighted by Crippen LogP contribution is 2.06. The first-order chi connectivity index (χ1) is 9.25. The lowest BCUT2D eigenvalue weighted by molar-refractivity contribution is 0.231. The Kier molecular flexibility index (Phi) is 5.83. The van der Waals surface area contributed by atoms with Crippen molar-refractivity contribution in [3.63, 3.8) is 0 Å². The summed E-state index contributed by atoms with van der Waals surface area (Å²) < 4.78 is 0. The molecule has 19 heavy (non-hydrogen) atoms. The Morgan fingerprint density at radius 1 is 1.32 bits per heavy atom. The van der Waals surface area contributed by atoms with Crippen LogP contribution in [0, 0.1) is 6.92 Å². The summed E-state index contributed by atoms with van der Waals surface area (Å²) in [6, 6.07) is 9.32. The van der Waals surface area contributed by atoms with Crippen LogP contribution in [0.4, 0.5) is 0 Å². The summed E-state index contributed by atoms with van der Waals surface area (Å²) in [4.78, 5) is 2.41. The normalized spacial score (nSPS) is 20.6. The molecule has 106 valence electrons. The number of likely N-dealkylation sites (N-methyl/N-ethyl adjacent to an activating group) is 1. The number of nitrogens with zero attached hydrogens (tertiary/aromatic N) is 1. The van der Waals surface area contributed by atoms with E-state index < -0.39 is 0 Å². The van der Waals surface area contributed by atoms with Gasteiger partial charge in [0.05, 0.1) is 0 Å². The van der Waals surface area contributed by atoms with Crippen molar-refractivity contribution in [2.45, 2.75) is 25.8 Å². The third-order valence-corrected chi connectivity index (χ3v) is 3.96. The zero-order valence-electron chi connectivity index (χ0n) is 12.3. The molecule has 3 heteroatoms. The van der Waals surface area contributed by atoms with Crippen molar-refractivity contribution in [2.75, 3.05) is 39.8 Å². The highest BCUT2D eigenvalue weighted by Gasteiger charge is 2.15. The number of hydrogen-bond acceptors (Lipinski definition) is 3. The highest BCUT2D eigenvalue weighted by atomic mass is 15.2. The number of benzene rings is 1. The molecule has 1 aliphatic heterocycles. The molecule has 1 unspecified atom stereocenters. The summed E-state index contributed by atoms with van der Waals surface area (Å²) in [5.41, 5.74) is 2.87. The monoisotopic (exact) mass is 261 g/mol. The average Bonchev–Trinajstić information content (AvgIpc) is 2.40. The van der Waals surface area contributed by atoms with E-state index in [2.05, 4.69) is 53.8 Å². The molecule has 0 radical (unpaired) electrons. The number of aryl methyl sites for hydroxylation is 1. The Bertz CT molecular complexity index is 378. The van der Waals surface area contributed by atoms with Gasteiger partial charge in [-0.1, -0.05) is 24.3 Å². The topological polar surface area (TPSA) is 27.3 Å². The van der Waals surface area contributed by atoms with E-state index in [1.54, 1.807) is 0 Å². The molecule has 0 saturated carbocycles. The highest BCUT2D eigenvalue weighted by molar-refractivity contribution is 5.25. The molecular formula is C16H27N3. The minimum Gasteiger partial charge on any atom is -0.316 e. The molecule has 0 amide bonds. The van der Waals surface area contributed by atoms with E-state index in [1.165, 1.54) is 30.6 Å². The van der Waals surface area contributed by atoms with Crippen LogP contribution in [0.5, 0.6) is 0 Å². The maximum Gasteiger partial charge on any atom is 0.0207 e. The quantitative estimate of drug-likeness (QED) is 0.759. The summed E-state index contributed by atoms with van der Waals surface area (Å²) in [6.45, 7) is 7.86. The Morgan fingerprint density at radius 2 is 2.16 bits per heavy atom. The maximum atomic E-state index is 3.59. The van der Waals surface area contributed by atoms with E-state index in [4.69, 9.17) is 0 Å². The molecule has 0 spiro atoms. The van der Waals surface area contributed by atoms with E-state index in [0.29, 0.717) is 6.04 Å². The van der Waals surface area contributed by atoms with Gasteiger partial charge in [-0.25, -0.2) is 0 Å². The Balaban J connectivity index is 1.58. The predicted octanol–water partition coefficient (Wildman–Crippen LogP) is 1.42. The summed E-state index contributed by atoms with van der Waals surface area (Å²) in [7, 11) is 2.21. The molecule has 2 rings (SSSR count). The molecule has 2 N–H and O–H groups in total. The first kappa shape index (κ1) is 14.5. The van der Waals surface area contributed by atoms with Crippen molar-refractivity contribution in [3.8, 4) is 0 Å². The molecule has 1 aliphatic rings. The fourth-order valence-corrected chi connectivity index (χ4v) is 2.70. The van der Waals surface area contributed by atoms with E-state index in [9.17, 15) is 0 Å². The Hall–Kier alpha value is -0.900. The molecule has 3 nitrogen and oxygen atoms in total. The van der Waals surface area contributed by atoms with Gasteiger partial charge in [-0.05, 0) is 51.0 Å². The predicted molar refractivity (Wildman–Crippen MR) is 81.7 cm³/mol. The SMILES string of the molecule is Cc1ccccc1CCNCCC1CN(C)CCN1. The van der Waals surface area contributed by atoms with Crippen LogP contribution in [0.2, 0.25) is 0 Å². The summed E-state index contributed by atoms with van der Waals surface area (Å²) in [5, 5.41) is 7.15. The molecule has 1 fully saturated rings. The number of piperazine rings is 1. The second kappa shape index (κ2) is 7.63. The zero-order chi connectivity index (χ0) is 13.5. The molecule has 1 aromatic rings. The Labute approximate surface area is 117 Å². The lowest BCUT2D eigenvalue weighted by Gasteiger charge is -2.30. The maximum absolute atomic E-state index is 3.59. The molecule has 0 bridgehead atoms. The molecule has 0 aliphatic carbocycles. The van der Waals surface area contributed by atoms with E-state index in [-0.39, 0.29) is 0 Å². The molecule has 1 saturated heterocycles. The van der Waals surface area contributed by atoms with Gasteiger partial charge in [0.2, 0.25) is 0 Å². The van der Waals surface area contributed by atoms with Crippen LogP contribution >= 0.6 is 0 Å². The fraction of sp³-hybridized carbons (Fsp3) is 0.625. The third kappa shape index (κ3) is 4.94. The third-order valence-electron chi connectivity index (χ3n) is 3.96. The van der Waals surface area contributed by atoms with Crippen LogP contribution in [-0.2, 0) is 6.42 Å². The molecule has 1 aromatic carbocycles. The zero-order valence-corrected chi connectivity index (χ0v) is 12.3. The smallest absolute Gasteiger partial charge is 0.0207 e. The van der Waals surface area contributed by atoms with Gasteiger partial charge >= 0.3 is 0 Å². The fourth-order valence-electron chi connectivity index (χ4n) is 2.70. The van der Waals surface area contributed by atoms with Gasteiger partial charge in [0.25, 0.3) is 0 Å². The summed E-state index contributed by atoms with van der Waals surface area (Å²) in [5.74, 6) is 0. The van der Waals surface area contributed by atoms with E-state index in [1.807, 2.05) is 0 Å². The molecular weight excluding hydrogens is 234 g/mol. The van der Waals surface area contributed by atoms with Gasteiger partial charge in [-0.2, -0.15) is 0 Å². The van der Waals surface area contributed by atoms with Crippen LogP contribution in [0.1, 0.15) is 17.5 Å². The number of rotatable bonds is 6. The average molecular weight is 261 g/mol. The van der Waals surface area contributed by atoms with Gasteiger partial charge < -0.3 is 15.5 Å². The second-order valence-electron chi connectivity index (χ2n) is 5.63. The van der Waals surface area contributed by atoms with Crippen molar-refractivity contribution in [1.29, 1.82) is 0 Å². The minimum absolute atomic E-state index is 0.657. The van der Waals surface area contributed by atoms with Crippen LogP contribution in [0.25, 0.3) is 0 Å². The van der Waals surface area contributed by atoms with Gasteiger partial charge in [0, 0.05) is 25.7 Å². The first-order valence-electron chi connectivity index (χ1n) is 7.43. The number of nitrogens with one attached hydrogen (secondary N) is 2. The first-order valence-corrected chi connectivity index (χ1v) is 7.43. The van der Waals surface area contributed by atoms with Gasteiger partial charge in [0.15, 0.2) is 0 Å². The van der Waals surface area contributed by atoms with Crippen molar-refractivity contribution >= 4 is 0 Å². The van der Waals surface area contributed by atoms with Crippen LogP contribution < -0.4 is 10.6 Å². The lowest BCUT2D eigenvalue weighted by atomic mass is 10.1. The lowest BCUT2D eigenvalue weighted by Crippen LogP contribution is -2.49. The van der Waals surface area contributed by atoms with E-state index >= 15 is 0 Å². The van der Waals surface area contributed by atoms with Crippen LogP contribution in [0.15, 0.2) is 24.3 Å². The summed E-state index contributed by atoms with van der Waals surface area (Å²) in [6.07, 6.45) is 2.35. The Morgan fingerprint density at radius 3 is 2.95 bits per heavy atom.